The van der Waals surface area contributed by atoms with Gasteiger partial charge in [-0.25, -0.2) is 0 Å². The monoisotopic (exact) mass is 438 g/mol. The van der Waals surface area contributed by atoms with Crippen LogP contribution >= 0.6 is 0 Å². The molecule has 1 fully saturated rings. The lowest BCUT2D eigenvalue weighted by atomic mass is 9.92. The van der Waals surface area contributed by atoms with Gasteiger partial charge in [0.2, 0.25) is 5.91 Å². The van der Waals surface area contributed by atoms with Gasteiger partial charge in [0.25, 0.3) is 5.91 Å². The van der Waals surface area contributed by atoms with Gasteiger partial charge in [-0.2, -0.15) is 0 Å². The van der Waals surface area contributed by atoms with Crippen LogP contribution in [0.3, 0.4) is 0 Å². The zero-order valence-electron chi connectivity index (χ0n) is 19.5. The molecule has 1 heterocycles. The van der Waals surface area contributed by atoms with E-state index in [9.17, 15) is 9.59 Å². The third-order valence-electron chi connectivity index (χ3n) is 5.77. The van der Waals surface area contributed by atoms with E-state index in [2.05, 4.69) is 5.32 Å². The number of carbonyl (C=O) groups excluding carboxylic acids is 2. The Balaban J connectivity index is 1.50. The zero-order chi connectivity index (χ0) is 23.1. The number of amides is 2. The third kappa shape index (κ3) is 6.49. The molecule has 2 amide bonds. The van der Waals surface area contributed by atoms with Crippen LogP contribution in [0.25, 0.3) is 0 Å². The molecule has 1 aliphatic heterocycles. The van der Waals surface area contributed by atoms with Crippen LogP contribution in [-0.4, -0.2) is 43.0 Å². The molecule has 0 aromatic heterocycles. The fourth-order valence-corrected chi connectivity index (χ4v) is 4.07. The molecule has 1 aliphatic rings. The summed E-state index contributed by atoms with van der Waals surface area (Å²) >= 11 is 0. The molecule has 32 heavy (non-hydrogen) atoms. The molecule has 2 aromatic carbocycles. The van der Waals surface area contributed by atoms with E-state index in [1.54, 1.807) is 7.11 Å². The highest BCUT2D eigenvalue weighted by molar-refractivity contribution is 5.94. The van der Waals surface area contributed by atoms with Gasteiger partial charge in [0.05, 0.1) is 13.2 Å². The smallest absolute Gasteiger partial charge is 0.253 e. The highest BCUT2D eigenvalue weighted by atomic mass is 16.5. The van der Waals surface area contributed by atoms with E-state index >= 15 is 0 Å². The summed E-state index contributed by atoms with van der Waals surface area (Å²) in [5, 5.41) is 2.99. The topological polar surface area (TPSA) is 67.9 Å². The number of ether oxygens (including phenoxy) is 2. The van der Waals surface area contributed by atoms with Crippen molar-refractivity contribution in [1.29, 1.82) is 0 Å². The van der Waals surface area contributed by atoms with Gasteiger partial charge in [-0.1, -0.05) is 0 Å². The number of rotatable bonds is 8. The number of nitrogens with one attached hydrogen (secondary N) is 1. The van der Waals surface area contributed by atoms with Crippen molar-refractivity contribution in [2.75, 3.05) is 25.5 Å². The predicted octanol–water partition coefficient (Wildman–Crippen LogP) is 5.06. The summed E-state index contributed by atoms with van der Waals surface area (Å²) in [5.74, 6) is 1.92. The largest absolute Gasteiger partial charge is 0.497 e. The van der Waals surface area contributed by atoms with Crippen LogP contribution in [0, 0.1) is 12.8 Å². The Labute approximate surface area is 190 Å². The first-order chi connectivity index (χ1) is 15.4. The molecule has 0 bridgehead atoms. The molecule has 1 N–H and O–H groups in total. The molecule has 172 valence electrons. The van der Waals surface area contributed by atoms with E-state index in [0.717, 1.165) is 48.6 Å². The Morgan fingerprint density at radius 3 is 2.50 bits per heavy atom. The van der Waals surface area contributed by atoms with Crippen LogP contribution in [0.1, 0.15) is 55.5 Å². The Morgan fingerprint density at radius 1 is 1.12 bits per heavy atom. The molecule has 0 radical (unpaired) electrons. The average Bonchev–Trinajstić information content (AvgIpc) is 2.79. The number of carbonyl (C=O) groups is 2. The van der Waals surface area contributed by atoms with Crippen molar-refractivity contribution in [2.45, 2.75) is 52.6 Å². The second-order valence-corrected chi connectivity index (χ2v) is 8.72. The molecule has 1 saturated heterocycles. The molecule has 2 aromatic rings. The fraction of sp³-hybridized carbons (Fsp3) is 0.462. The van der Waals surface area contributed by atoms with E-state index < -0.39 is 0 Å². The number of benzene rings is 2. The quantitative estimate of drug-likeness (QED) is 0.625. The second kappa shape index (κ2) is 11.0. The number of aryl methyl sites for hydroxylation is 1. The van der Waals surface area contributed by atoms with Gasteiger partial charge < -0.3 is 19.7 Å². The Bertz CT molecular complexity index is 924. The minimum Gasteiger partial charge on any atom is -0.497 e. The summed E-state index contributed by atoms with van der Waals surface area (Å²) < 4.78 is 10.9. The molecule has 1 unspecified atom stereocenters. The van der Waals surface area contributed by atoms with Crippen molar-refractivity contribution in [3.8, 4) is 11.5 Å². The maximum absolute atomic E-state index is 12.9. The number of hydrogen-bond donors (Lipinski definition) is 1. The van der Waals surface area contributed by atoms with Crippen LogP contribution in [0.4, 0.5) is 5.69 Å². The lowest BCUT2D eigenvalue weighted by Crippen LogP contribution is -2.40. The van der Waals surface area contributed by atoms with Crippen molar-refractivity contribution in [3.05, 3.63) is 53.6 Å². The summed E-state index contributed by atoms with van der Waals surface area (Å²) in [6.07, 6.45) is 3.32. The number of anilines is 1. The molecule has 6 heteroatoms. The van der Waals surface area contributed by atoms with Crippen molar-refractivity contribution in [1.82, 2.24) is 4.90 Å². The summed E-state index contributed by atoms with van der Waals surface area (Å²) in [6.45, 7) is 7.36. The second-order valence-electron chi connectivity index (χ2n) is 8.72. The van der Waals surface area contributed by atoms with Gasteiger partial charge in [-0.3, -0.25) is 9.59 Å². The standard InChI is InChI=1S/C26H34N2O4/c1-18(2)32-22-10-8-21(9-11-22)26(30)28-15-5-6-20(17-28)7-14-25(29)27-24-13-12-23(31-4)16-19(24)3/h8-13,16,18,20H,5-7,14-15,17H2,1-4H3,(H,27,29). The van der Waals surface area contributed by atoms with Crippen LogP contribution in [0.15, 0.2) is 42.5 Å². The van der Waals surface area contributed by atoms with E-state index in [1.807, 2.05) is 68.1 Å². The molecule has 1 atom stereocenters. The van der Waals surface area contributed by atoms with Crippen molar-refractivity contribution in [3.63, 3.8) is 0 Å². The SMILES string of the molecule is COc1ccc(NC(=O)CCC2CCCN(C(=O)c3ccc(OC(C)C)cc3)C2)c(C)c1. The summed E-state index contributed by atoms with van der Waals surface area (Å²) in [5.41, 5.74) is 2.45. The van der Waals surface area contributed by atoms with Crippen LogP contribution in [0.5, 0.6) is 11.5 Å². The van der Waals surface area contributed by atoms with Crippen LogP contribution in [0.2, 0.25) is 0 Å². The van der Waals surface area contributed by atoms with Crippen molar-refractivity contribution >= 4 is 17.5 Å². The molecule has 0 saturated carbocycles. The maximum Gasteiger partial charge on any atom is 0.253 e. The van der Waals surface area contributed by atoms with Gasteiger partial charge >= 0.3 is 0 Å². The van der Waals surface area contributed by atoms with Crippen molar-refractivity contribution in [2.24, 2.45) is 5.92 Å². The lowest BCUT2D eigenvalue weighted by molar-refractivity contribution is -0.116. The summed E-state index contributed by atoms with van der Waals surface area (Å²) in [7, 11) is 1.63. The molecule has 0 spiro atoms. The Morgan fingerprint density at radius 2 is 1.84 bits per heavy atom. The summed E-state index contributed by atoms with van der Waals surface area (Å²) in [6, 6.07) is 13.0. The average molecular weight is 439 g/mol. The van der Waals surface area contributed by atoms with Gasteiger partial charge in [0.1, 0.15) is 11.5 Å². The molecule has 3 rings (SSSR count). The summed E-state index contributed by atoms with van der Waals surface area (Å²) in [4.78, 5) is 27.3. The number of nitrogens with zero attached hydrogens (tertiary/aromatic N) is 1. The molecule has 0 aliphatic carbocycles. The Kier molecular flexibility index (Phi) is 8.14. The highest BCUT2D eigenvalue weighted by Gasteiger charge is 2.25. The lowest BCUT2D eigenvalue weighted by Gasteiger charge is -2.33. The minimum atomic E-state index is 0.00228. The number of hydrogen-bond acceptors (Lipinski definition) is 4. The van der Waals surface area contributed by atoms with E-state index in [1.165, 1.54) is 0 Å². The predicted molar refractivity (Wildman–Crippen MR) is 126 cm³/mol. The van der Waals surface area contributed by atoms with Gasteiger partial charge in [-0.05, 0) is 94.0 Å². The highest BCUT2D eigenvalue weighted by Crippen LogP contribution is 2.25. The molecular weight excluding hydrogens is 404 g/mol. The van der Waals surface area contributed by atoms with Gasteiger partial charge in [0.15, 0.2) is 0 Å². The van der Waals surface area contributed by atoms with Crippen molar-refractivity contribution < 1.29 is 19.1 Å². The van der Waals surface area contributed by atoms with E-state index in [4.69, 9.17) is 9.47 Å². The van der Waals surface area contributed by atoms with E-state index in [0.29, 0.717) is 24.4 Å². The number of likely N-dealkylation sites (tertiary alicyclic amines) is 1. The first-order valence-electron chi connectivity index (χ1n) is 11.4. The van der Waals surface area contributed by atoms with E-state index in [-0.39, 0.29) is 17.9 Å². The number of methoxy groups -OCH3 is 1. The fourth-order valence-electron chi connectivity index (χ4n) is 4.07. The van der Waals surface area contributed by atoms with Gasteiger partial charge in [0, 0.05) is 30.8 Å². The third-order valence-corrected chi connectivity index (χ3v) is 5.77. The molecule has 6 nitrogen and oxygen atoms in total. The molecular formula is C26H34N2O4. The first-order valence-corrected chi connectivity index (χ1v) is 11.4. The zero-order valence-corrected chi connectivity index (χ0v) is 19.5. The van der Waals surface area contributed by atoms with Crippen LogP contribution in [-0.2, 0) is 4.79 Å². The van der Waals surface area contributed by atoms with Crippen LogP contribution < -0.4 is 14.8 Å². The Hall–Kier alpha value is -3.02. The number of piperidine rings is 1. The maximum atomic E-state index is 12.9. The van der Waals surface area contributed by atoms with Gasteiger partial charge in [-0.15, -0.1) is 0 Å². The minimum absolute atomic E-state index is 0.00228. The normalized spacial score (nSPS) is 16.0. The first kappa shape index (κ1) is 23.6.